The lowest BCUT2D eigenvalue weighted by Crippen LogP contribution is -1.80. The van der Waals surface area contributed by atoms with Crippen LogP contribution < -0.4 is 0 Å². The number of rotatable bonds is 1. The van der Waals surface area contributed by atoms with E-state index in [1.54, 1.807) is 6.07 Å². The fourth-order valence-corrected chi connectivity index (χ4v) is 1.21. The van der Waals surface area contributed by atoms with Gasteiger partial charge in [0.25, 0.3) is 0 Å². The summed E-state index contributed by atoms with van der Waals surface area (Å²) in [4.78, 5) is 0. The van der Waals surface area contributed by atoms with Gasteiger partial charge in [0.05, 0.1) is 3.74 Å². The highest BCUT2D eigenvalue weighted by molar-refractivity contribution is 9.24. The average Bonchev–Trinajstić information content (AvgIpc) is 1.88. The first kappa shape index (κ1) is 8.21. The molecule has 0 saturated carbocycles. The highest BCUT2D eigenvalue weighted by Crippen LogP contribution is 2.28. The zero-order valence-electron chi connectivity index (χ0n) is 5.02. The van der Waals surface area contributed by atoms with Crippen molar-refractivity contribution in [2.24, 2.45) is 0 Å². The minimum atomic E-state index is -0.207. The summed E-state index contributed by atoms with van der Waals surface area (Å²) < 4.78 is 12.5. The Morgan fingerprint density at radius 2 is 2.00 bits per heavy atom. The number of hydrogen-bond donors (Lipinski definition) is 0. The molecule has 0 atom stereocenters. The Balaban J connectivity index is 2.96. The number of hydrogen-bond acceptors (Lipinski definition) is 0. The first-order valence-corrected chi connectivity index (χ1v) is 4.57. The van der Waals surface area contributed by atoms with Crippen LogP contribution in [0.2, 0.25) is 0 Å². The minimum absolute atomic E-state index is 0.0377. The van der Waals surface area contributed by atoms with Crippen LogP contribution in [0.1, 0.15) is 9.30 Å². The summed E-state index contributed by atoms with van der Waals surface area (Å²) in [6.07, 6.45) is 0. The molecule has 0 aliphatic heterocycles. The summed E-state index contributed by atoms with van der Waals surface area (Å²) in [6, 6.07) is 6.43. The van der Waals surface area contributed by atoms with Gasteiger partial charge >= 0.3 is 0 Å². The van der Waals surface area contributed by atoms with Crippen LogP contribution in [0.25, 0.3) is 0 Å². The number of alkyl halides is 2. The lowest BCUT2D eigenvalue weighted by atomic mass is 10.2. The molecule has 0 radical (unpaired) electrons. The molecular formula is C7H5Br2F. The third kappa shape index (κ3) is 2.06. The predicted octanol–water partition coefficient (Wildman–Crippen LogP) is 3.61. The Hall–Kier alpha value is 0.110. The molecule has 1 rings (SSSR count). The van der Waals surface area contributed by atoms with E-state index in [4.69, 9.17) is 0 Å². The van der Waals surface area contributed by atoms with Crippen molar-refractivity contribution in [3.8, 4) is 0 Å². The Kier molecular flexibility index (Phi) is 2.86. The first-order chi connectivity index (χ1) is 4.70. The molecule has 54 valence electrons. The Morgan fingerprint density at radius 3 is 2.40 bits per heavy atom. The van der Waals surface area contributed by atoms with Crippen molar-refractivity contribution in [1.82, 2.24) is 0 Å². The van der Waals surface area contributed by atoms with Crippen molar-refractivity contribution in [2.45, 2.75) is 3.74 Å². The van der Waals surface area contributed by atoms with Crippen LogP contribution in [0, 0.1) is 5.82 Å². The van der Waals surface area contributed by atoms with E-state index in [0.717, 1.165) is 5.56 Å². The van der Waals surface area contributed by atoms with Gasteiger partial charge in [-0.2, -0.15) is 0 Å². The van der Waals surface area contributed by atoms with Crippen LogP contribution in [0.3, 0.4) is 0 Å². The van der Waals surface area contributed by atoms with Gasteiger partial charge in [0.15, 0.2) is 0 Å². The van der Waals surface area contributed by atoms with Crippen LogP contribution in [-0.2, 0) is 0 Å². The van der Waals surface area contributed by atoms with Gasteiger partial charge in [-0.15, -0.1) is 0 Å². The van der Waals surface area contributed by atoms with Gasteiger partial charge in [-0.1, -0.05) is 44.0 Å². The van der Waals surface area contributed by atoms with Gasteiger partial charge in [0.1, 0.15) is 5.82 Å². The maximum absolute atomic E-state index is 12.5. The molecule has 0 bridgehead atoms. The summed E-state index contributed by atoms with van der Waals surface area (Å²) in [5.74, 6) is -0.207. The van der Waals surface area contributed by atoms with Gasteiger partial charge in [0, 0.05) is 0 Å². The minimum Gasteiger partial charge on any atom is -0.207 e. The second kappa shape index (κ2) is 3.49. The normalized spacial score (nSPS) is 10.4. The molecule has 0 spiro atoms. The lowest BCUT2D eigenvalue weighted by Gasteiger charge is -1.99. The quantitative estimate of drug-likeness (QED) is 0.682. The largest absolute Gasteiger partial charge is 0.207 e. The molecule has 0 nitrogen and oxygen atoms in total. The van der Waals surface area contributed by atoms with E-state index < -0.39 is 0 Å². The molecule has 0 heterocycles. The zero-order chi connectivity index (χ0) is 7.56. The lowest BCUT2D eigenvalue weighted by molar-refractivity contribution is 0.626. The highest BCUT2D eigenvalue weighted by atomic mass is 79.9. The van der Waals surface area contributed by atoms with E-state index in [9.17, 15) is 4.39 Å². The van der Waals surface area contributed by atoms with Crippen LogP contribution in [0.15, 0.2) is 24.3 Å². The van der Waals surface area contributed by atoms with Crippen molar-refractivity contribution in [1.29, 1.82) is 0 Å². The molecule has 0 unspecified atom stereocenters. The van der Waals surface area contributed by atoms with E-state index in [0.29, 0.717) is 0 Å². The highest BCUT2D eigenvalue weighted by Gasteiger charge is 2.01. The van der Waals surface area contributed by atoms with Gasteiger partial charge in [-0.05, 0) is 17.7 Å². The van der Waals surface area contributed by atoms with Crippen LogP contribution in [-0.4, -0.2) is 0 Å². The van der Waals surface area contributed by atoms with Crippen molar-refractivity contribution in [2.75, 3.05) is 0 Å². The van der Waals surface area contributed by atoms with Gasteiger partial charge in [0.2, 0.25) is 0 Å². The Bertz CT molecular complexity index is 223. The van der Waals surface area contributed by atoms with Crippen LogP contribution in [0.4, 0.5) is 4.39 Å². The fourth-order valence-electron chi connectivity index (χ4n) is 0.642. The smallest absolute Gasteiger partial charge is 0.123 e. The zero-order valence-corrected chi connectivity index (χ0v) is 8.19. The third-order valence-corrected chi connectivity index (χ3v) is 2.16. The summed E-state index contributed by atoms with van der Waals surface area (Å²) in [5.41, 5.74) is 0.889. The standard InChI is InChI=1S/C7H5Br2F/c8-7(9)5-2-1-3-6(10)4-5/h1-4,7H. The van der Waals surface area contributed by atoms with Crippen LogP contribution >= 0.6 is 31.9 Å². The summed E-state index contributed by atoms with van der Waals surface area (Å²) in [6.45, 7) is 0. The van der Waals surface area contributed by atoms with E-state index >= 15 is 0 Å². The molecular weight excluding hydrogens is 263 g/mol. The molecule has 0 amide bonds. The van der Waals surface area contributed by atoms with E-state index in [1.165, 1.54) is 12.1 Å². The first-order valence-electron chi connectivity index (χ1n) is 2.74. The number of halogens is 3. The summed E-state index contributed by atoms with van der Waals surface area (Å²) in [5, 5.41) is 0. The molecule has 1 aromatic rings. The van der Waals surface area contributed by atoms with E-state index in [-0.39, 0.29) is 9.55 Å². The van der Waals surface area contributed by atoms with Crippen molar-refractivity contribution in [3.05, 3.63) is 35.6 Å². The predicted molar refractivity (Wildman–Crippen MR) is 47.0 cm³/mol. The third-order valence-electron chi connectivity index (χ3n) is 1.10. The van der Waals surface area contributed by atoms with Crippen molar-refractivity contribution < 1.29 is 4.39 Å². The molecule has 0 N–H and O–H groups in total. The second-order valence-corrected chi connectivity index (χ2v) is 4.92. The molecule has 0 aliphatic rings. The topological polar surface area (TPSA) is 0 Å². The monoisotopic (exact) mass is 266 g/mol. The molecule has 0 saturated heterocycles. The molecule has 0 fully saturated rings. The van der Waals surface area contributed by atoms with Gasteiger partial charge in [-0.3, -0.25) is 0 Å². The van der Waals surface area contributed by atoms with E-state index in [2.05, 4.69) is 31.9 Å². The Labute approximate surface area is 75.7 Å². The van der Waals surface area contributed by atoms with Gasteiger partial charge < -0.3 is 0 Å². The molecule has 3 heteroatoms. The Morgan fingerprint density at radius 1 is 1.30 bits per heavy atom. The van der Waals surface area contributed by atoms with Crippen LogP contribution in [0.5, 0.6) is 0 Å². The number of benzene rings is 1. The fraction of sp³-hybridized carbons (Fsp3) is 0.143. The maximum atomic E-state index is 12.5. The maximum Gasteiger partial charge on any atom is 0.123 e. The van der Waals surface area contributed by atoms with Gasteiger partial charge in [-0.25, -0.2) is 4.39 Å². The second-order valence-electron chi connectivity index (χ2n) is 1.86. The molecule has 0 aliphatic carbocycles. The molecule has 1 aromatic carbocycles. The summed E-state index contributed by atoms with van der Waals surface area (Å²) in [7, 11) is 0. The molecule has 10 heavy (non-hydrogen) atoms. The molecule has 0 aromatic heterocycles. The average molecular weight is 268 g/mol. The van der Waals surface area contributed by atoms with E-state index in [1.807, 2.05) is 6.07 Å². The van der Waals surface area contributed by atoms with Crippen molar-refractivity contribution >= 4 is 31.9 Å². The van der Waals surface area contributed by atoms with Crippen molar-refractivity contribution in [3.63, 3.8) is 0 Å². The SMILES string of the molecule is Fc1cccc(C(Br)Br)c1. The summed E-state index contributed by atoms with van der Waals surface area (Å²) >= 11 is 6.53.